The van der Waals surface area contributed by atoms with Gasteiger partial charge in [0.2, 0.25) is 10.0 Å². The Labute approximate surface area is 134 Å². The van der Waals surface area contributed by atoms with Crippen LogP contribution in [-0.2, 0) is 14.8 Å². The predicted octanol–water partition coefficient (Wildman–Crippen LogP) is 2.49. The Bertz CT molecular complexity index is 858. The molecule has 120 valence electrons. The zero-order valence-corrected chi connectivity index (χ0v) is 13.3. The van der Waals surface area contributed by atoms with Crippen LogP contribution in [0.15, 0.2) is 64.2 Å². The molecule has 0 fully saturated rings. The van der Waals surface area contributed by atoms with E-state index in [1.54, 1.807) is 6.07 Å². The van der Waals surface area contributed by atoms with Crippen LogP contribution in [0.1, 0.15) is 11.9 Å². The second kappa shape index (κ2) is 6.49. The number of hydrogen-bond acceptors (Lipinski definition) is 5. The van der Waals surface area contributed by atoms with E-state index in [9.17, 15) is 8.42 Å². The van der Waals surface area contributed by atoms with Crippen LogP contribution in [0.4, 0.5) is 0 Å². The van der Waals surface area contributed by atoms with Gasteiger partial charge in [-0.15, -0.1) is 0 Å². The standard InChI is InChI=1S/C16H16N2O4S/c1-21-16(15-9-12-5-2-3-7-14(12)22-15)11-18-23(19,20)13-6-4-8-17-10-13/h2-10,16,18H,11H2,1H3/t16-/m1/s1. The van der Waals surface area contributed by atoms with Crippen molar-refractivity contribution in [1.29, 1.82) is 0 Å². The monoisotopic (exact) mass is 332 g/mol. The summed E-state index contributed by atoms with van der Waals surface area (Å²) in [5.74, 6) is 0.572. The fraction of sp³-hybridized carbons (Fsp3) is 0.188. The number of furan rings is 1. The first kappa shape index (κ1) is 15.7. The van der Waals surface area contributed by atoms with Crippen molar-refractivity contribution >= 4 is 21.0 Å². The largest absolute Gasteiger partial charge is 0.458 e. The van der Waals surface area contributed by atoms with Gasteiger partial charge in [0.05, 0.1) is 0 Å². The third kappa shape index (κ3) is 3.42. The van der Waals surface area contributed by atoms with E-state index in [0.717, 1.165) is 11.0 Å². The first-order valence-electron chi connectivity index (χ1n) is 7.01. The Kier molecular flexibility index (Phi) is 4.42. The fourth-order valence-corrected chi connectivity index (χ4v) is 3.23. The topological polar surface area (TPSA) is 81.4 Å². The van der Waals surface area contributed by atoms with Gasteiger partial charge in [0, 0.05) is 31.4 Å². The lowest BCUT2D eigenvalue weighted by Crippen LogP contribution is -2.29. The SMILES string of the molecule is CO[C@H](CNS(=O)(=O)c1cccnc1)c1cc2ccccc2o1. The number of pyridine rings is 1. The Morgan fingerprint density at radius 3 is 2.78 bits per heavy atom. The number of rotatable bonds is 6. The summed E-state index contributed by atoms with van der Waals surface area (Å²) in [4.78, 5) is 3.93. The molecular formula is C16H16N2O4S. The molecule has 0 radical (unpaired) electrons. The highest BCUT2D eigenvalue weighted by atomic mass is 32.2. The quantitative estimate of drug-likeness (QED) is 0.750. The van der Waals surface area contributed by atoms with E-state index < -0.39 is 16.1 Å². The zero-order valence-electron chi connectivity index (χ0n) is 12.5. The lowest BCUT2D eigenvalue weighted by molar-refractivity contribution is 0.0893. The summed E-state index contributed by atoms with van der Waals surface area (Å²) in [5, 5.41) is 0.944. The molecule has 3 rings (SSSR count). The summed E-state index contributed by atoms with van der Waals surface area (Å²) in [6, 6.07) is 12.5. The number of methoxy groups -OCH3 is 1. The normalized spacial score (nSPS) is 13.3. The molecule has 0 saturated carbocycles. The number of nitrogens with one attached hydrogen (secondary N) is 1. The molecule has 3 aromatic rings. The van der Waals surface area contributed by atoms with Crippen LogP contribution < -0.4 is 4.72 Å². The van der Waals surface area contributed by atoms with Gasteiger partial charge in [-0.25, -0.2) is 13.1 Å². The number of para-hydroxylation sites is 1. The van der Waals surface area contributed by atoms with Crippen LogP contribution >= 0.6 is 0 Å². The van der Waals surface area contributed by atoms with Crippen LogP contribution in [0, 0.1) is 0 Å². The number of ether oxygens (including phenoxy) is 1. The molecule has 2 heterocycles. The van der Waals surface area contributed by atoms with Crippen LogP contribution in [-0.4, -0.2) is 27.1 Å². The molecule has 1 atom stereocenters. The van der Waals surface area contributed by atoms with Gasteiger partial charge in [-0.1, -0.05) is 18.2 Å². The molecule has 0 unspecified atom stereocenters. The van der Waals surface area contributed by atoms with Gasteiger partial charge in [0.15, 0.2) is 0 Å². The van der Waals surface area contributed by atoms with Crippen molar-refractivity contribution in [2.24, 2.45) is 0 Å². The second-order valence-electron chi connectivity index (χ2n) is 4.95. The minimum Gasteiger partial charge on any atom is -0.458 e. The summed E-state index contributed by atoms with van der Waals surface area (Å²) >= 11 is 0. The van der Waals surface area contributed by atoms with Crippen molar-refractivity contribution in [3.05, 3.63) is 60.6 Å². The first-order chi connectivity index (χ1) is 11.1. The molecule has 23 heavy (non-hydrogen) atoms. The van der Waals surface area contributed by atoms with Crippen molar-refractivity contribution in [1.82, 2.24) is 9.71 Å². The van der Waals surface area contributed by atoms with E-state index >= 15 is 0 Å². The average Bonchev–Trinajstić information content (AvgIpc) is 3.00. The van der Waals surface area contributed by atoms with Crippen molar-refractivity contribution in [3.8, 4) is 0 Å². The lowest BCUT2D eigenvalue weighted by atomic mass is 10.2. The van der Waals surface area contributed by atoms with E-state index in [4.69, 9.17) is 9.15 Å². The molecule has 0 aliphatic rings. The molecule has 0 spiro atoms. The fourth-order valence-electron chi connectivity index (χ4n) is 2.24. The highest BCUT2D eigenvalue weighted by Crippen LogP contribution is 2.25. The Hall–Kier alpha value is -2.22. The highest BCUT2D eigenvalue weighted by Gasteiger charge is 2.20. The van der Waals surface area contributed by atoms with Crippen LogP contribution in [0.3, 0.4) is 0 Å². The third-order valence-corrected chi connectivity index (χ3v) is 4.86. The van der Waals surface area contributed by atoms with E-state index in [-0.39, 0.29) is 11.4 Å². The lowest BCUT2D eigenvalue weighted by Gasteiger charge is -2.13. The van der Waals surface area contributed by atoms with Gasteiger partial charge in [0.1, 0.15) is 22.3 Å². The Morgan fingerprint density at radius 1 is 1.26 bits per heavy atom. The first-order valence-corrected chi connectivity index (χ1v) is 8.49. The molecule has 1 aromatic carbocycles. The van der Waals surface area contributed by atoms with Crippen molar-refractivity contribution in [2.75, 3.05) is 13.7 Å². The predicted molar refractivity (Wildman–Crippen MR) is 85.4 cm³/mol. The molecule has 7 heteroatoms. The number of aromatic nitrogens is 1. The number of nitrogens with zero attached hydrogens (tertiary/aromatic N) is 1. The van der Waals surface area contributed by atoms with Crippen LogP contribution in [0.5, 0.6) is 0 Å². The second-order valence-corrected chi connectivity index (χ2v) is 6.72. The van der Waals surface area contributed by atoms with Gasteiger partial charge < -0.3 is 9.15 Å². The van der Waals surface area contributed by atoms with Crippen LogP contribution in [0.2, 0.25) is 0 Å². The van der Waals surface area contributed by atoms with Crippen molar-refractivity contribution in [2.45, 2.75) is 11.0 Å². The summed E-state index contributed by atoms with van der Waals surface area (Å²) in [6.07, 6.45) is 2.30. The molecule has 6 nitrogen and oxygen atoms in total. The van der Waals surface area contributed by atoms with E-state index in [1.807, 2.05) is 30.3 Å². The molecule has 0 amide bonds. The molecule has 0 aliphatic carbocycles. The van der Waals surface area contributed by atoms with Crippen molar-refractivity contribution in [3.63, 3.8) is 0 Å². The highest BCUT2D eigenvalue weighted by molar-refractivity contribution is 7.89. The minimum atomic E-state index is -3.64. The summed E-state index contributed by atoms with van der Waals surface area (Å²) < 4.78 is 38.0. The Morgan fingerprint density at radius 2 is 2.09 bits per heavy atom. The van der Waals surface area contributed by atoms with E-state index in [2.05, 4.69) is 9.71 Å². The number of sulfonamides is 1. The van der Waals surface area contributed by atoms with Crippen molar-refractivity contribution < 1.29 is 17.6 Å². The van der Waals surface area contributed by atoms with Crippen LogP contribution in [0.25, 0.3) is 11.0 Å². The molecule has 1 N–H and O–H groups in total. The molecule has 0 saturated heterocycles. The maximum Gasteiger partial charge on any atom is 0.242 e. The van der Waals surface area contributed by atoms with Gasteiger partial charge in [-0.3, -0.25) is 4.98 Å². The average molecular weight is 332 g/mol. The molecule has 0 aliphatic heterocycles. The van der Waals surface area contributed by atoms with Gasteiger partial charge >= 0.3 is 0 Å². The van der Waals surface area contributed by atoms with E-state index in [1.165, 1.54) is 25.6 Å². The summed E-state index contributed by atoms with van der Waals surface area (Å²) in [7, 11) is -2.13. The number of hydrogen-bond donors (Lipinski definition) is 1. The number of benzene rings is 1. The molecular weight excluding hydrogens is 316 g/mol. The van der Waals surface area contributed by atoms with E-state index in [0.29, 0.717) is 5.76 Å². The maximum absolute atomic E-state index is 12.2. The summed E-state index contributed by atoms with van der Waals surface area (Å²) in [6.45, 7) is 0.0630. The Balaban J connectivity index is 1.77. The smallest absolute Gasteiger partial charge is 0.242 e. The van der Waals surface area contributed by atoms with Gasteiger partial charge in [-0.2, -0.15) is 0 Å². The van der Waals surface area contributed by atoms with Gasteiger partial charge in [0.25, 0.3) is 0 Å². The molecule has 2 aromatic heterocycles. The summed E-state index contributed by atoms with van der Waals surface area (Å²) in [5.41, 5.74) is 0.736. The number of fused-ring (bicyclic) bond motifs is 1. The maximum atomic E-state index is 12.2. The molecule has 0 bridgehead atoms. The zero-order chi connectivity index (χ0) is 16.3. The van der Waals surface area contributed by atoms with Gasteiger partial charge in [-0.05, 0) is 24.3 Å². The minimum absolute atomic E-state index is 0.0630. The third-order valence-electron chi connectivity index (χ3n) is 3.45.